The molecule has 0 amide bonds. The molecule has 2 aromatic rings. The van der Waals surface area contributed by atoms with Crippen molar-refractivity contribution in [3.05, 3.63) is 35.5 Å². The quantitative estimate of drug-likeness (QED) is 0.827. The van der Waals surface area contributed by atoms with Crippen molar-refractivity contribution in [1.29, 1.82) is 0 Å². The highest BCUT2D eigenvalue weighted by Gasteiger charge is 2.13. The van der Waals surface area contributed by atoms with Gasteiger partial charge in [-0.2, -0.15) is 8.78 Å². The molecule has 0 bridgehead atoms. The second-order valence-electron chi connectivity index (χ2n) is 4.04. The Morgan fingerprint density at radius 1 is 1.40 bits per heavy atom. The zero-order valence-corrected chi connectivity index (χ0v) is 10.5. The summed E-state index contributed by atoms with van der Waals surface area (Å²) in [6.07, 6.45) is 0. The van der Waals surface area contributed by atoms with Gasteiger partial charge in [-0.25, -0.2) is 4.39 Å². The monoisotopic (exact) mass is 287 g/mol. The van der Waals surface area contributed by atoms with Gasteiger partial charge < -0.3 is 20.3 Å². The predicted octanol–water partition coefficient (Wildman–Crippen LogP) is 2.92. The van der Waals surface area contributed by atoms with Crippen molar-refractivity contribution in [3.8, 4) is 5.75 Å². The number of aryl methyl sites for hydroxylation is 1. The summed E-state index contributed by atoms with van der Waals surface area (Å²) in [6.45, 7) is -1.13. The topological polar surface area (TPSA) is 73.3 Å². The van der Waals surface area contributed by atoms with E-state index in [1.807, 2.05) is 0 Å². The Bertz CT molecular complexity index is 602. The Hall–Kier alpha value is -2.38. The molecule has 0 saturated carbocycles. The molecule has 0 radical (unpaired) electrons. The number of hydrogen-bond acceptors (Lipinski definition) is 5. The lowest BCUT2D eigenvalue weighted by molar-refractivity contribution is -0.0521. The molecular formula is C12H12F3N3O2. The summed E-state index contributed by atoms with van der Waals surface area (Å²) < 4.78 is 46.6. The van der Waals surface area contributed by atoms with E-state index < -0.39 is 18.2 Å². The average molecular weight is 287 g/mol. The van der Waals surface area contributed by atoms with Crippen LogP contribution in [-0.4, -0.2) is 11.8 Å². The molecule has 0 aliphatic heterocycles. The number of anilines is 2. The van der Waals surface area contributed by atoms with Crippen molar-refractivity contribution in [3.63, 3.8) is 0 Å². The number of nitrogen functional groups attached to an aromatic ring is 1. The third-order valence-corrected chi connectivity index (χ3v) is 2.45. The summed E-state index contributed by atoms with van der Waals surface area (Å²) >= 11 is 0. The van der Waals surface area contributed by atoms with Gasteiger partial charge in [-0.05, 0) is 6.92 Å². The number of alkyl halides is 2. The molecule has 0 unspecified atom stereocenters. The molecule has 0 aliphatic rings. The maximum atomic E-state index is 13.4. The highest BCUT2D eigenvalue weighted by atomic mass is 19.3. The van der Waals surface area contributed by atoms with Crippen LogP contribution in [0.5, 0.6) is 5.75 Å². The van der Waals surface area contributed by atoms with E-state index in [0.29, 0.717) is 11.5 Å². The SMILES string of the molecule is Cc1cc(CNc2cc(OC(F)F)c(F)cc2N)on1. The molecule has 5 nitrogen and oxygen atoms in total. The van der Waals surface area contributed by atoms with Gasteiger partial charge in [0.2, 0.25) is 0 Å². The Morgan fingerprint density at radius 2 is 2.15 bits per heavy atom. The van der Waals surface area contributed by atoms with Gasteiger partial charge in [0.15, 0.2) is 17.3 Å². The van der Waals surface area contributed by atoms with Crippen LogP contribution in [0.4, 0.5) is 24.5 Å². The first kappa shape index (κ1) is 14.0. The molecule has 0 fully saturated rings. The lowest BCUT2D eigenvalue weighted by Crippen LogP contribution is -2.07. The minimum absolute atomic E-state index is 0.0698. The number of nitrogens with one attached hydrogen (secondary N) is 1. The minimum Gasteiger partial charge on any atom is -0.432 e. The predicted molar refractivity (Wildman–Crippen MR) is 66.0 cm³/mol. The molecule has 0 aliphatic carbocycles. The smallest absolute Gasteiger partial charge is 0.387 e. The van der Waals surface area contributed by atoms with Gasteiger partial charge >= 0.3 is 6.61 Å². The molecular weight excluding hydrogens is 275 g/mol. The van der Waals surface area contributed by atoms with Crippen LogP contribution < -0.4 is 15.8 Å². The van der Waals surface area contributed by atoms with Gasteiger partial charge in [0, 0.05) is 18.2 Å². The van der Waals surface area contributed by atoms with Crippen molar-refractivity contribution in [1.82, 2.24) is 5.16 Å². The molecule has 2 rings (SSSR count). The summed E-state index contributed by atoms with van der Waals surface area (Å²) in [6, 6.07) is 3.68. The fourth-order valence-corrected chi connectivity index (χ4v) is 1.59. The number of benzene rings is 1. The first-order chi connectivity index (χ1) is 9.45. The second-order valence-corrected chi connectivity index (χ2v) is 4.04. The van der Waals surface area contributed by atoms with E-state index in [4.69, 9.17) is 10.3 Å². The second kappa shape index (κ2) is 5.72. The largest absolute Gasteiger partial charge is 0.432 e. The first-order valence-corrected chi connectivity index (χ1v) is 5.65. The normalized spacial score (nSPS) is 10.8. The van der Waals surface area contributed by atoms with E-state index in [0.717, 1.165) is 12.1 Å². The maximum absolute atomic E-state index is 13.4. The number of ether oxygens (including phenoxy) is 1. The van der Waals surface area contributed by atoms with Crippen LogP contribution in [-0.2, 0) is 6.54 Å². The van der Waals surface area contributed by atoms with E-state index in [1.165, 1.54) is 0 Å². The molecule has 0 atom stereocenters. The minimum atomic E-state index is -3.11. The summed E-state index contributed by atoms with van der Waals surface area (Å²) in [5.74, 6) is -1.00. The van der Waals surface area contributed by atoms with E-state index >= 15 is 0 Å². The molecule has 1 aromatic carbocycles. The number of nitrogens with zero attached hydrogens (tertiary/aromatic N) is 1. The summed E-state index contributed by atoms with van der Waals surface area (Å²) in [4.78, 5) is 0. The highest BCUT2D eigenvalue weighted by molar-refractivity contribution is 5.68. The molecule has 1 aromatic heterocycles. The maximum Gasteiger partial charge on any atom is 0.387 e. The van der Waals surface area contributed by atoms with Crippen molar-refractivity contribution in [2.75, 3.05) is 11.1 Å². The molecule has 20 heavy (non-hydrogen) atoms. The summed E-state index contributed by atoms with van der Waals surface area (Å²) in [7, 11) is 0. The van der Waals surface area contributed by atoms with Gasteiger partial charge in [0.05, 0.1) is 23.6 Å². The van der Waals surface area contributed by atoms with E-state index in [2.05, 4.69) is 15.2 Å². The average Bonchev–Trinajstić information content (AvgIpc) is 2.76. The van der Waals surface area contributed by atoms with Crippen molar-refractivity contribution in [2.24, 2.45) is 0 Å². The third kappa shape index (κ3) is 3.34. The van der Waals surface area contributed by atoms with Crippen LogP contribution in [0.2, 0.25) is 0 Å². The number of hydrogen-bond donors (Lipinski definition) is 2. The molecule has 3 N–H and O–H groups in total. The lowest BCUT2D eigenvalue weighted by Gasteiger charge is -2.11. The first-order valence-electron chi connectivity index (χ1n) is 5.65. The van der Waals surface area contributed by atoms with Gasteiger partial charge in [0.25, 0.3) is 0 Å². The van der Waals surface area contributed by atoms with Gasteiger partial charge in [-0.3, -0.25) is 0 Å². The Balaban J connectivity index is 2.14. The third-order valence-electron chi connectivity index (χ3n) is 2.45. The van der Waals surface area contributed by atoms with Crippen LogP contribution in [0.3, 0.4) is 0 Å². The van der Waals surface area contributed by atoms with Crippen LogP contribution in [0.1, 0.15) is 11.5 Å². The standard InChI is InChI=1S/C12H12F3N3O2/c1-6-2-7(20-18-6)5-17-10-4-11(19-12(14)15)8(13)3-9(10)16/h2-4,12,17H,5,16H2,1H3. The van der Waals surface area contributed by atoms with Crippen LogP contribution in [0, 0.1) is 12.7 Å². The summed E-state index contributed by atoms with van der Waals surface area (Å²) in [5.41, 5.74) is 6.63. The molecule has 0 spiro atoms. The van der Waals surface area contributed by atoms with E-state index in [9.17, 15) is 13.2 Å². The molecule has 8 heteroatoms. The van der Waals surface area contributed by atoms with Crippen molar-refractivity contribution in [2.45, 2.75) is 20.1 Å². The van der Waals surface area contributed by atoms with E-state index in [-0.39, 0.29) is 17.9 Å². The molecule has 1 heterocycles. The highest BCUT2D eigenvalue weighted by Crippen LogP contribution is 2.29. The molecule has 0 saturated heterocycles. The van der Waals surface area contributed by atoms with E-state index in [1.54, 1.807) is 13.0 Å². The van der Waals surface area contributed by atoms with Gasteiger partial charge in [-0.15, -0.1) is 0 Å². The van der Waals surface area contributed by atoms with Crippen molar-refractivity contribution < 1.29 is 22.4 Å². The fourth-order valence-electron chi connectivity index (χ4n) is 1.59. The number of rotatable bonds is 5. The zero-order chi connectivity index (χ0) is 14.7. The van der Waals surface area contributed by atoms with Gasteiger partial charge in [-0.1, -0.05) is 5.16 Å². The number of nitrogens with two attached hydrogens (primary N) is 1. The zero-order valence-electron chi connectivity index (χ0n) is 10.5. The summed E-state index contributed by atoms with van der Waals surface area (Å²) in [5, 5.41) is 6.53. The Kier molecular flexibility index (Phi) is 4.02. The Labute approximate surface area is 112 Å². The fraction of sp³-hybridized carbons (Fsp3) is 0.250. The lowest BCUT2D eigenvalue weighted by atomic mass is 10.2. The van der Waals surface area contributed by atoms with Crippen LogP contribution in [0.25, 0.3) is 0 Å². The van der Waals surface area contributed by atoms with Gasteiger partial charge in [0.1, 0.15) is 0 Å². The van der Waals surface area contributed by atoms with Crippen molar-refractivity contribution >= 4 is 11.4 Å². The Morgan fingerprint density at radius 3 is 2.75 bits per heavy atom. The van der Waals surface area contributed by atoms with Crippen LogP contribution >= 0.6 is 0 Å². The number of halogens is 3. The van der Waals surface area contributed by atoms with Crippen LogP contribution in [0.15, 0.2) is 22.7 Å². The molecule has 108 valence electrons. The number of aromatic nitrogens is 1.